The van der Waals surface area contributed by atoms with Gasteiger partial charge in [0.1, 0.15) is 5.75 Å². The van der Waals surface area contributed by atoms with Crippen LogP contribution in [0.1, 0.15) is 19.4 Å². The van der Waals surface area contributed by atoms with Crippen LogP contribution < -0.4 is 5.32 Å². The molecule has 0 saturated heterocycles. The molecular weight excluding hydrogens is 286 g/mol. The van der Waals surface area contributed by atoms with Crippen LogP contribution in [0.5, 0.6) is 5.75 Å². The predicted molar refractivity (Wildman–Crippen MR) is 87.9 cm³/mol. The number of anilines is 1. The highest BCUT2D eigenvalue weighted by atomic mass is 16.5. The number of phenols is 1. The number of ether oxygens (including phenoxy) is 1. The molecule has 0 saturated carbocycles. The van der Waals surface area contributed by atoms with E-state index in [1.165, 1.54) is 6.07 Å². The summed E-state index contributed by atoms with van der Waals surface area (Å²) in [4.78, 5) is 19.6. The third-order valence-electron chi connectivity index (χ3n) is 1.98. The number of rotatable bonds is 6. The van der Waals surface area contributed by atoms with Crippen molar-refractivity contribution in [1.29, 1.82) is 0 Å². The van der Waals surface area contributed by atoms with Gasteiger partial charge in [0.05, 0.1) is 6.61 Å². The minimum absolute atomic E-state index is 0.156. The van der Waals surface area contributed by atoms with Crippen LogP contribution in [0, 0.1) is 0 Å². The summed E-state index contributed by atoms with van der Waals surface area (Å²) >= 11 is 0. The van der Waals surface area contributed by atoms with Crippen LogP contribution in [0.4, 0.5) is 5.69 Å². The summed E-state index contributed by atoms with van der Waals surface area (Å²) in [5, 5.41) is 19.4. The van der Waals surface area contributed by atoms with E-state index in [0.717, 1.165) is 11.6 Å². The number of methoxy groups -OCH3 is 1. The first-order valence-corrected chi connectivity index (χ1v) is 6.59. The van der Waals surface area contributed by atoms with Gasteiger partial charge in [0, 0.05) is 24.4 Å². The molecule has 0 aliphatic heterocycles. The fourth-order valence-corrected chi connectivity index (χ4v) is 1.15. The van der Waals surface area contributed by atoms with E-state index in [1.807, 2.05) is 13.8 Å². The molecule has 1 amide bonds. The number of nitrogens with one attached hydrogen (secondary N) is 1. The van der Waals surface area contributed by atoms with Crippen LogP contribution in [0.25, 0.3) is 6.08 Å². The normalized spacial score (nSPS) is 8.86. The molecule has 0 fully saturated rings. The average Bonchev–Trinajstić information content (AvgIpc) is 2.53. The first kappa shape index (κ1) is 21.7. The number of amides is 1. The van der Waals surface area contributed by atoms with E-state index in [9.17, 15) is 14.7 Å². The van der Waals surface area contributed by atoms with Crippen LogP contribution in [0.3, 0.4) is 0 Å². The van der Waals surface area contributed by atoms with Crippen molar-refractivity contribution in [1.82, 2.24) is 0 Å². The Morgan fingerprint density at radius 2 is 2.00 bits per heavy atom. The van der Waals surface area contributed by atoms with E-state index in [-0.39, 0.29) is 5.75 Å². The summed E-state index contributed by atoms with van der Waals surface area (Å²) in [5.74, 6) is -0.825. The van der Waals surface area contributed by atoms with Gasteiger partial charge in [0.15, 0.2) is 0 Å². The van der Waals surface area contributed by atoms with Gasteiger partial charge in [-0.05, 0) is 18.2 Å². The molecule has 1 aromatic carbocycles. The first-order valence-electron chi connectivity index (χ1n) is 6.59. The molecule has 0 radical (unpaired) electrons. The van der Waals surface area contributed by atoms with Gasteiger partial charge in [0.25, 0.3) is 0 Å². The Kier molecular flexibility index (Phi) is 14.6. The molecule has 0 aromatic heterocycles. The highest BCUT2D eigenvalue weighted by Gasteiger charge is 1.99. The van der Waals surface area contributed by atoms with E-state index in [1.54, 1.807) is 31.4 Å². The molecule has 0 spiro atoms. The van der Waals surface area contributed by atoms with Gasteiger partial charge in [-0.2, -0.15) is 0 Å². The summed E-state index contributed by atoms with van der Waals surface area (Å²) in [7, 11) is 1.59. The number of aliphatic carboxylic acids is 1. The Morgan fingerprint density at radius 1 is 1.41 bits per heavy atom. The fourth-order valence-electron chi connectivity index (χ4n) is 1.15. The van der Waals surface area contributed by atoms with E-state index in [0.29, 0.717) is 18.7 Å². The van der Waals surface area contributed by atoms with Crippen LogP contribution in [-0.2, 0) is 14.3 Å². The minimum atomic E-state index is -0.981. The number of carbonyl (C=O) groups is 2. The molecule has 22 heavy (non-hydrogen) atoms. The van der Waals surface area contributed by atoms with Gasteiger partial charge in [-0.15, -0.1) is 0 Å². The maximum Gasteiger partial charge on any atom is 0.327 e. The van der Waals surface area contributed by atoms with Crippen molar-refractivity contribution in [3.05, 3.63) is 42.5 Å². The van der Waals surface area contributed by atoms with Crippen molar-refractivity contribution in [3.8, 4) is 5.75 Å². The second kappa shape index (κ2) is 14.8. The summed E-state index contributed by atoms with van der Waals surface area (Å²) < 4.78 is 4.85. The minimum Gasteiger partial charge on any atom is -0.508 e. The SMILES string of the molecule is C=CC(=O)O.CC.COC/C=C/c1cc(O)ccc1NC=O. The monoisotopic (exact) mass is 309 g/mol. The third kappa shape index (κ3) is 11.2. The standard InChI is InChI=1S/C11H13NO3.C3H4O2.C2H6/c1-15-6-2-3-9-7-10(14)4-5-11(9)12-8-13;1-2-3(4)5;1-2/h2-5,7-8,14H,6H2,1H3,(H,12,13);2H,1H2,(H,4,5);1-2H3/b3-2+;;. The number of carboxylic acids is 1. The molecular formula is C16H23NO5. The number of aromatic hydroxyl groups is 1. The Morgan fingerprint density at radius 3 is 2.45 bits per heavy atom. The highest BCUT2D eigenvalue weighted by Crippen LogP contribution is 2.21. The van der Waals surface area contributed by atoms with Crippen LogP contribution in [-0.4, -0.2) is 36.3 Å². The molecule has 1 rings (SSSR count). The lowest BCUT2D eigenvalue weighted by molar-refractivity contribution is -0.131. The van der Waals surface area contributed by atoms with Crippen molar-refractivity contribution in [3.63, 3.8) is 0 Å². The van der Waals surface area contributed by atoms with Crippen molar-refractivity contribution in [2.24, 2.45) is 0 Å². The molecule has 6 heteroatoms. The van der Waals surface area contributed by atoms with Gasteiger partial charge < -0.3 is 20.3 Å². The zero-order valence-electron chi connectivity index (χ0n) is 13.1. The van der Waals surface area contributed by atoms with Crippen molar-refractivity contribution in [2.45, 2.75) is 13.8 Å². The molecule has 3 N–H and O–H groups in total. The lowest BCUT2D eigenvalue weighted by atomic mass is 10.1. The molecule has 0 bridgehead atoms. The third-order valence-corrected chi connectivity index (χ3v) is 1.98. The number of hydrogen-bond donors (Lipinski definition) is 3. The quantitative estimate of drug-likeness (QED) is 0.426. The van der Waals surface area contributed by atoms with Crippen molar-refractivity contribution < 1.29 is 24.5 Å². The Labute approximate surface area is 130 Å². The molecule has 0 heterocycles. The topological polar surface area (TPSA) is 95.9 Å². The second-order valence-corrected chi connectivity index (χ2v) is 3.43. The van der Waals surface area contributed by atoms with Gasteiger partial charge in [0.2, 0.25) is 6.41 Å². The smallest absolute Gasteiger partial charge is 0.327 e. The Balaban J connectivity index is 0. The highest BCUT2D eigenvalue weighted by molar-refractivity contribution is 5.79. The molecule has 6 nitrogen and oxygen atoms in total. The summed E-state index contributed by atoms with van der Waals surface area (Å²) in [5.41, 5.74) is 1.38. The number of carboxylic acid groups (broad SMARTS) is 1. The summed E-state index contributed by atoms with van der Waals surface area (Å²) in [6.45, 7) is 7.44. The number of benzene rings is 1. The molecule has 0 unspecified atom stereocenters. The van der Waals surface area contributed by atoms with Gasteiger partial charge >= 0.3 is 5.97 Å². The lowest BCUT2D eigenvalue weighted by Gasteiger charge is -2.04. The number of carbonyl (C=O) groups excluding carboxylic acids is 1. The maximum atomic E-state index is 10.3. The predicted octanol–water partition coefficient (Wildman–Crippen LogP) is 2.90. The van der Waals surface area contributed by atoms with Gasteiger partial charge in [-0.1, -0.05) is 32.6 Å². The molecule has 0 aliphatic rings. The zero-order chi connectivity index (χ0) is 17.4. The number of phenolic OH excluding ortho intramolecular Hbond substituents is 1. The van der Waals surface area contributed by atoms with E-state index in [4.69, 9.17) is 9.84 Å². The fraction of sp³-hybridized carbons (Fsp3) is 0.250. The van der Waals surface area contributed by atoms with Crippen molar-refractivity contribution >= 4 is 24.1 Å². The zero-order valence-corrected chi connectivity index (χ0v) is 13.1. The summed E-state index contributed by atoms with van der Waals surface area (Å²) in [6.07, 6.45) is 5.00. The van der Waals surface area contributed by atoms with Crippen LogP contribution >= 0.6 is 0 Å². The lowest BCUT2D eigenvalue weighted by Crippen LogP contribution is -1.95. The van der Waals surface area contributed by atoms with Crippen LogP contribution in [0.15, 0.2) is 36.9 Å². The van der Waals surface area contributed by atoms with Gasteiger partial charge in [-0.3, -0.25) is 4.79 Å². The maximum absolute atomic E-state index is 10.3. The average molecular weight is 309 g/mol. The number of hydrogen-bond acceptors (Lipinski definition) is 4. The van der Waals surface area contributed by atoms with Crippen LogP contribution in [0.2, 0.25) is 0 Å². The molecule has 1 aromatic rings. The first-order chi connectivity index (χ1) is 10.5. The summed E-state index contributed by atoms with van der Waals surface area (Å²) in [6, 6.07) is 4.72. The Hall–Kier alpha value is -2.60. The molecule has 0 aliphatic carbocycles. The van der Waals surface area contributed by atoms with E-state index < -0.39 is 5.97 Å². The molecule has 0 atom stereocenters. The van der Waals surface area contributed by atoms with Gasteiger partial charge in [-0.25, -0.2) is 4.79 Å². The largest absolute Gasteiger partial charge is 0.508 e. The Bertz CT molecular complexity index is 483. The van der Waals surface area contributed by atoms with E-state index >= 15 is 0 Å². The molecule has 122 valence electrons. The second-order valence-electron chi connectivity index (χ2n) is 3.43. The van der Waals surface area contributed by atoms with E-state index in [2.05, 4.69) is 11.9 Å². The van der Waals surface area contributed by atoms with Crippen molar-refractivity contribution in [2.75, 3.05) is 19.0 Å².